The van der Waals surface area contributed by atoms with Gasteiger partial charge in [0.1, 0.15) is 6.04 Å². The smallest absolute Gasteiger partial charge is 0.322 e. The Morgan fingerprint density at radius 2 is 1.90 bits per heavy atom. The van der Waals surface area contributed by atoms with E-state index in [4.69, 9.17) is 0 Å². The topological polar surface area (TPSA) is 110 Å². The Bertz CT molecular complexity index is 455. The van der Waals surface area contributed by atoms with Crippen molar-refractivity contribution in [2.75, 3.05) is 12.4 Å². The molecule has 0 aromatic rings. The molecule has 1 saturated carbocycles. The van der Waals surface area contributed by atoms with Crippen LogP contribution in [0.25, 0.3) is 0 Å². The van der Waals surface area contributed by atoms with E-state index in [-0.39, 0.29) is 18.9 Å². The molecule has 0 aromatic heterocycles. The Hall–Kier alpha value is -1.15. The van der Waals surface area contributed by atoms with Crippen LogP contribution in [0.5, 0.6) is 0 Å². The van der Waals surface area contributed by atoms with Crippen LogP contribution in [0.4, 0.5) is 0 Å². The second-order valence-electron chi connectivity index (χ2n) is 5.21. The normalized spacial score (nSPS) is 18.1. The molecule has 0 amide bonds. The molecule has 0 spiro atoms. The minimum atomic E-state index is -3.82. The lowest BCUT2D eigenvalue weighted by Crippen LogP contribution is -2.47. The van der Waals surface area contributed by atoms with Gasteiger partial charge in [0.2, 0.25) is 10.0 Å². The lowest BCUT2D eigenvalue weighted by atomic mass is 9.84. The summed E-state index contributed by atoms with van der Waals surface area (Å²) < 4.78 is 30.7. The summed E-state index contributed by atoms with van der Waals surface area (Å²) >= 11 is 0. The molecule has 8 heteroatoms. The van der Waals surface area contributed by atoms with Gasteiger partial charge in [-0.05, 0) is 25.7 Å². The van der Waals surface area contributed by atoms with Crippen molar-refractivity contribution in [3.05, 3.63) is 0 Å². The molecule has 1 fully saturated rings. The molecule has 0 aromatic carbocycles. The summed E-state index contributed by atoms with van der Waals surface area (Å²) in [5.41, 5.74) is 0. The number of carboxylic acids is 1. The molecule has 0 aliphatic heterocycles. The summed E-state index contributed by atoms with van der Waals surface area (Å²) in [6.45, 7) is 1.82. The van der Waals surface area contributed by atoms with Crippen LogP contribution in [0.1, 0.15) is 45.4 Å². The van der Waals surface area contributed by atoms with Gasteiger partial charge in [0.15, 0.2) is 0 Å². The fraction of sp³-hybridized carbons (Fsp3) is 0.846. The highest BCUT2D eigenvalue weighted by Crippen LogP contribution is 2.27. The zero-order chi connectivity index (χ0) is 15.9. The fourth-order valence-corrected chi connectivity index (χ4v) is 3.75. The first kappa shape index (κ1) is 17.9. The summed E-state index contributed by atoms with van der Waals surface area (Å²) in [4.78, 5) is 22.5. The second-order valence-corrected chi connectivity index (χ2v) is 7.08. The molecule has 2 N–H and O–H groups in total. The van der Waals surface area contributed by atoms with Gasteiger partial charge >= 0.3 is 11.9 Å². The standard InChI is InChI=1S/C13H23NO6S/c1-2-20-11(15)8-9-21(18,19)14-12(13(16)17)10-6-4-3-5-7-10/h10,12,14H,2-9H2,1H3,(H,16,17). The van der Waals surface area contributed by atoms with E-state index in [0.29, 0.717) is 12.8 Å². The summed E-state index contributed by atoms with van der Waals surface area (Å²) in [7, 11) is -3.82. The summed E-state index contributed by atoms with van der Waals surface area (Å²) in [6, 6.07) is -1.11. The van der Waals surface area contributed by atoms with E-state index >= 15 is 0 Å². The molecule has 1 rings (SSSR count). The predicted molar refractivity (Wildman–Crippen MR) is 76.2 cm³/mol. The van der Waals surface area contributed by atoms with Gasteiger partial charge in [-0.1, -0.05) is 19.3 Å². The highest BCUT2D eigenvalue weighted by Gasteiger charge is 2.32. The summed E-state index contributed by atoms with van der Waals surface area (Å²) in [6.07, 6.45) is 4.02. The van der Waals surface area contributed by atoms with Gasteiger partial charge in [-0.3, -0.25) is 9.59 Å². The number of aliphatic carboxylic acids is 1. The summed E-state index contributed by atoms with van der Waals surface area (Å²) in [5.74, 6) is -2.41. The average Bonchev–Trinajstić information content (AvgIpc) is 2.44. The lowest BCUT2D eigenvalue weighted by molar-refractivity contribution is -0.142. The third-order valence-electron chi connectivity index (χ3n) is 3.57. The molecule has 1 aliphatic rings. The van der Waals surface area contributed by atoms with Gasteiger partial charge in [0, 0.05) is 0 Å². The van der Waals surface area contributed by atoms with Crippen LogP contribution in [-0.4, -0.2) is 43.9 Å². The van der Waals surface area contributed by atoms with E-state index in [2.05, 4.69) is 9.46 Å². The Balaban J connectivity index is 2.60. The van der Waals surface area contributed by atoms with E-state index in [1.807, 2.05) is 0 Å². The first-order valence-corrected chi connectivity index (χ1v) is 8.89. The van der Waals surface area contributed by atoms with Crippen molar-refractivity contribution in [1.29, 1.82) is 0 Å². The van der Waals surface area contributed by atoms with Crippen LogP contribution in [0.2, 0.25) is 0 Å². The Morgan fingerprint density at radius 1 is 1.29 bits per heavy atom. The molecule has 0 radical (unpaired) electrons. The molecule has 21 heavy (non-hydrogen) atoms. The van der Waals surface area contributed by atoms with E-state index < -0.39 is 33.8 Å². The highest BCUT2D eigenvalue weighted by molar-refractivity contribution is 7.89. The maximum atomic E-state index is 11.9. The Labute approximate surface area is 125 Å². The van der Waals surface area contributed by atoms with Gasteiger partial charge < -0.3 is 9.84 Å². The van der Waals surface area contributed by atoms with Crippen molar-refractivity contribution in [1.82, 2.24) is 4.72 Å². The largest absolute Gasteiger partial charge is 0.480 e. The number of hydrogen-bond acceptors (Lipinski definition) is 5. The van der Waals surface area contributed by atoms with Gasteiger partial charge in [-0.25, -0.2) is 13.1 Å². The monoisotopic (exact) mass is 321 g/mol. The zero-order valence-electron chi connectivity index (χ0n) is 12.2. The van der Waals surface area contributed by atoms with Crippen LogP contribution < -0.4 is 4.72 Å². The molecule has 7 nitrogen and oxygen atoms in total. The van der Waals surface area contributed by atoms with Crippen LogP contribution >= 0.6 is 0 Å². The number of esters is 1. The zero-order valence-corrected chi connectivity index (χ0v) is 13.0. The number of carboxylic acid groups (broad SMARTS) is 1. The molecule has 1 atom stereocenters. The number of hydrogen-bond donors (Lipinski definition) is 2. The van der Waals surface area contributed by atoms with Crippen molar-refractivity contribution in [3.8, 4) is 0 Å². The van der Waals surface area contributed by atoms with Gasteiger partial charge in [0.05, 0.1) is 18.8 Å². The molecule has 0 saturated heterocycles. The van der Waals surface area contributed by atoms with Crippen molar-refractivity contribution in [2.45, 2.75) is 51.5 Å². The fourth-order valence-electron chi connectivity index (χ4n) is 2.52. The van der Waals surface area contributed by atoms with Crippen LogP contribution in [0, 0.1) is 5.92 Å². The highest BCUT2D eigenvalue weighted by atomic mass is 32.2. The van der Waals surface area contributed by atoms with Crippen LogP contribution in [-0.2, 0) is 24.3 Å². The average molecular weight is 321 g/mol. The van der Waals surface area contributed by atoms with Gasteiger partial charge in [0.25, 0.3) is 0 Å². The minimum absolute atomic E-state index is 0.186. The van der Waals surface area contributed by atoms with Crippen molar-refractivity contribution in [2.24, 2.45) is 5.92 Å². The molecular weight excluding hydrogens is 298 g/mol. The number of ether oxygens (including phenoxy) is 1. The number of nitrogens with one attached hydrogen (secondary N) is 1. The molecule has 122 valence electrons. The first-order chi connectivity index (χ1) is 9.85. The molecular formula is C13H23NO6S. The first-order valence-electron chi connectivity index (χ1n) is 7.24. The van der Waals surface area contributed by atoms with Crippen molar-refractivity contribution in [3.63, 3.8) is 0 Å². The maximum absolute atomic E-state index is 11.9. The predicted octanol–water partition coefficient (Wildman–Crippen LogP) is 0.892. The number of carbonyl (C=O) groups is 2. The quantitative estimate of drug-likeness (QED) is 0.643. The second kappa shape index (κ2) is 8.33. The van der Waals surface area contributed by atoms with Gasteiger partial charge in [-0.15, -0.1) is 0 Å². The number of sulfonamides is 1. The minimum Gasteiger partial charge on any atom is -0.480 e. The van der Waals surface area contributed by atoms with E-state index in [0.717, 1.165) is 19.3 Å². The molecule has 0 heterocycles. The number of carbonyl (C=O) groups excluding carboxylic acids is 1. The maximum Gasteiger partial charge on any atom is 0.322 e. The summed E-state index contributed by atoms with van der Waals surface area (Å²) in [5, 5.41) is 9.23. The molecule has 1 unspecified atom stereocenters. The van der Waals surface area contributed by atoms with Crippen LogP contribution in [0.3, 0.4) is 0 Å². The third-order valence-corrected chi connectivity index (χ3v) is 4.93. The van der Waals surface area contributed by atoms with Gasteiger partial charge in [-0.2, -0.15) is 0 Å². The van der Waals surface area contributed by atoms with Crippen molar-refractivity contribution < 1.29 is 27.9 Å². The van der Waals surface area contributed by atoms with E-state index in [1.165, 1.54) is 0 Å². The molecule has 1 aliphatic carbocycles. The Kier molecular flexibility index (Phi) is 7.10. The van der Waals surface area contributed by atoms with E-state index in [9.17, 15) is 23.1 Å². The number of rotatable bonds is 8. The third kappa shape index (κ3) is 6.43. The Morgan fingerprint density at radius 3 is 2.43 bits per heavy atom. The molecule has 0 bridgehead atoms. The van der Waals surface area contributed by atoms with Crippen LogP contribution in [0.15, 0.2) is 0 Å². The lowest BCUT2D eigenvalue weighted by Gasteiger charge is -2.27. The van der Waals surface area contributed by atoms with Crippen molar-refractivity contribution >= 4 is 22.0 Å². The SMILES string of the molecule is CCOC(=O)CCS(=O)(=O)NC(C(=O)O)C1CCCCC1. The van der Waals surface area contributed by atoms with E-state index in [1.54, 1.807) is 6.92 Å².